The molecule has 0 spiro atoms. The monoisotopic (exact) mass is 524 g/mol. The molecule has 5 rings (SSSR count). The van der Waals surface area contributed by atoms with Gasteiger partial charge in [0.25, 0.3) is 5.91 Å². The van der Waals surface area contributed by atoms with Gasteiger partial charge in [-0.3, -0.25) is 4.79 Å². The number of nitrogens with zero attached hydrogens (tertiary/aromatic N) is 1. The molecule has 1 amide bonds. The lowest BCUT2D eigenvalue weighted by Gasteiger charge is -2.19. The zero-order valence-corrected chi connectivity index (χ0v) is 22.1. The zero-order valence-electron chi connectivity index (χ0n) is 19.7. The van der Waals surface area contributed by atoms with Crippen LogP contribution in [0.1, 0.15) is 58.3 Å². The van der Waals surface area contributed by atoms with Crippen molar-refractivity contribution in [2.75, 3.05) is 5.32 Å². The first kappa shape index (κ1) is 24.0. The molecule has 0 fully saturated rings. The van der Waals surface area contributed by atoms with Crippen LogP contribution in [0.3, 0.4) is 0 Å². The van der Waals surface area contributed by atoms with Crippen molar-refractivity contribution in [1.82, 2.24) is 4.98 Å². The number of para-hydroxylation sites is 1. The number of amides is 1. The summed E-state index contributed by atoms with van der Waals surface area (Å²) in [6, 6.07) is 13.1. The highest BCUT2D eigenvalue weighted by Gasteiger charge is 2.30. The number of carbonyl (C=O) groups is 2. The van der Waals surface area contributed by atoms with E-state index < -0.39 is 0 Å². The van der Waals surface area contributed by atoms with Gasteiger partial charge in [-0.25, -0.2) is 9.78 Å². The van der Waals surface area contributed by atoms with Gasteiger partial charge in [0.15, 0.2) is 0 Å². The number of esters is 1. The highest BCUT2D eigenvalue weighted by atomic mass is 35.5. The Hall–Kier alpha value is -2.74. The van der Waals surface area contributed by atoms with Gasteiger partial charge in [-0.2, -0.15) is 0 Å². The van der Waals surface area contributed by atoms with Crippen molar-refractivity contribution in [2.24, 2.45) is 5.92 Å². The van der Waals surface area contributed by atoms with E-state index in [1.54, 1.807) is 6.07 Å². The smallest absolute Gasteiger partial charge is 0.341 e. The molecule has 180 valence electrons. The van der Waals surface area contributed by atoms with Crippen LogP contribution in [-0.2, 0) is 17.6 Å². The molecule has 5 nitrogen and oxygen atoms in total. The lowest BCUT2D eigenvalue weighted by atomic mass is 9.88. The number of aromatic nitrogens is 1. The zero-order chi connectivity index (χ0) is 24.7. The SMILES string of the molecule is CC1CCc2c(sc(NC(=O)c3cc(-c4ccc(Cl)s4)nc4ccccc34)c2C(=O)OC(C)C)C1. The standard InChI is InChI=1S/C27H25ClN2O3S2/c1-14(2)33-27(32)24-17-9-8-15(3)12-22(17)35-26(24)30-25(31)18-13-20(21-10-11-23(28)34-21)29-19-7-5-4-6-16(18)19/h4-7,10-11,13-15H,8-9,12H2,1-3H3,(H,30,31). The highest BCUT2D eigenvalue weighted by molar-refractivity contribution is 7.19. The molecule has 3 heterocycles. The van der Waals surface area contributed by atoms with E-state index >= 15 is 0 Å². The number of halogens is 1. The van der Waals surface area contributed by atoms with Crippen LogP contribution in [0, 0.1) is 5.92 Å². The molecule has 0 saturated carbocycles. The fourth-order valence-electron chi connectivity index (χ4n) is 4.44. The number of carbonyl (C=O) groups excluding carboxylic acids is 2. The van der Waals surface area contributed by atoms with E-state index in [1.807, 2.05) is 50.2 Å². The summed E-state index contributed by atoms with van der Waals surface area (Å²) in [5.41, 5.74) is 3.42. The third-order valence-electron chi connectivity index (χ3n) is 6.07. The molecule has 0 bridgehead atoms. The highest BCUT2D eigenvalue weighted by Crippen LogP contribution is 2.41. The lowest BCUT2D eigenvalue weighted by molar-refractivity contribution is 0.0378. The van der Waals surface area contributed by atoms with Crippen molar-refractivity contribution in [3.63, 3.8) is 0 Å². The molecule has 1 unspecified atom stereocenters. The lowest BCUT2D eigenvalue weighted by Crippen LogP contribution is -2.19. The summed E-state index contributed by atoms with van der Waals surface area (Å²) in [5.74, 6) is -0.114. The first-order valence-electron chi connectivity index (χ1n) is 11.6. The van der Waals surface area contributed by atoms with E-state index in [-0.39, 0.29) is 18.0 Å². The Kier molecular flexibility index (Phi) is 6.66. The van der Waals surface area contributed by atoms with Crippen LogP contribution in [0.5, 0.6) is 0 Å². The maximum atomic E-state index is 13.7. The largest absolute Gasteiger partial charge is 0.459 e. The Morgan fingerprint density at radius 1 is 1.17 bits per heavy atom. The molecular formula is C27H25ClN2O3S2. The van der Waals surface area contributed by atoms with Crippen LogP contribution in [0.4, 0.5) is 5.00 Å². The molecule has 35 heavy (non-hydrogen) atoms. The minimum Gasteiger partial charge on any atom is -0.459 e. The van der Waals surface area contributed by atoms with Gasteiger partial charge >= 0.3 is 5.97 Å². The molecule has 1 N–H and O–H groups in total. The molecule has 1 aliphatic carbocycles. The Morgan fingerprint density at radius 2 is 1.97 bits per heavy atom. The van der Waals surface area contributed by atoms with Crippen LogP contribution in [-0.4, -0.2) is 23.0 Å². The normalized spacial score (nSPS) is 15.3. The molecule has 8 heteroatoms. The number of hydrogen-bond acceptors (Lipinski definition) is 6. The Bertz CT molecular complexity index is 1440. The van der Waals surface area contributed by atoms with Crippen molar-refractivity contribution in [2.45, 2.75) is 46.1 Å². The Morgan fingerprint density at radius 3 is 2.71 bits per heavy atom. The van der Waals surface area contributed by atoms with Crippen molar-refractivity contribution >= 4 is 62.1 Å². The molecule has 1 aromatic carbocycles. The van der Waals surface area contributed by atoms with Crippen LogP contribution in [0.2, 0.25) is 4.34 Å². The summed E-state index contributed by atoms with van der Waals surface area (Å²) in [4.78, 5) is 33.5. The quantitative estimate of drug-likeness (QED) is 0.273. The second-order valence-corrected chi connectivity index (χ2v) is 12.0. The van der Waals surface area contributed by atoms with Gasteiger partial charge in [0.1, 0.15) is 5.00 Å². The molecule has 3 aromatic heterocycles. The second-order valence-electron chi connectivity index (χ2n) is 9.14. The van der Waals surface area contributed by atoms with Crippen LogP contribution >= 0.6 is 34.3 Å². The summed E-state index contributed by atoms with van der Waals surface area (Å²) in [6.07, 6.45) is 2.49. The topological polar surface area (TPSA) is 68.3 Å². The fraction of sp³-hybridized carbons (Fsp3) is 0.296. The maximum absolute atomic E-state index is 13.7. The summed E-state index contributed by atoms with van der Waals surface area (Å²) in [7, 11) is 0. The van der Waals surface area contributed by atoms with Crippen LogP contribution in [0.25, 0.3) is 21.5 Å². The van der Waals surface area contributed by atoms with E-state index in [4.69, 9.17) is 21.3 Å². The van der Waals surface area contributed by atoms with Crippen molar-refractivity contribution < 1.29 is 14.3 Å². The first-order valence-corrected chi connectivity index (χ1v) is 13.6. The van der Waals surface area contributed by atoms with Gasteiger partial charge in [0.2, 0.25) is 0 Å². The average molecular weight is 525 g/mol. The summed E-state index contributed by atoms with van der Waals surface area (Å²) < 4.78 is 6.22. The van der Waals surface area contributed by atoms with Crippen molar-refractivity contribution in [3.8, 4) is 10.6 Å². The number of benzene rings is 1. The second kappa shape index (κ2) is 9.72. The molecule has 4 aromatic rings. The van der Waals surface area contributed by atoms with E-state index in [9.17, 15) is 9.59 Å². The number of ether oxygens (including phenoxy) is 1. The minimum absolute atomic E-state index is 0.242. The minimum atomic E-state index is -0.379. The summed E-state index contributed by atoms with van der Waals surface area (Å²) >= 11 is 9.06. The molecule has 0 saturated heterocycles. The predicted octanol–water partition coefficient (Wildman–Crippen LogP) is 7.62. The number of nitrogens with one attached hydrogen (secondary N) is 1. The number of rotatable bonds is 5. The van der Waals surface area contributed by atoms with Crippen LogP contribution < -0.4 is 5.32 Å². The average Bonchev–Trinajstić information content (AvgIpc) is 3.40. The van der Waals surface area contributed by atoms with Gasteiger partial charge in [-0.15, -0.1) is 22.7 Å². The number of fused-ring (bicyclic) bond motifs is 2. The third-order valence-corrected chi connectivity index (χ3v) is 8.50. The number of thiophene rings is 2. The Balaban J connectivity index is 1.57. The van der Waals surface area contributed by atoms with Gasteiger partial charge in [-0.05, 0) is 68.9 Å². The predicted molar refractivity (Wildman–Crippen MR) is 144 cm³/mol. The first-order chi connectivity index (χ1) is 16.8. The number of hydrogen-bond donors (Lipinski definition) is 1. The van der Waals surface area contributed by atoms with E-state index in [2.05, 4.69) is 12.2 Å². The van der Waals surface area contributed by atoms with E-state index in [0.717, 1.165) is 45.5 Å². The van der Waals surface area contributed by atoms with E-state index in [1.165, 1.54) is 22.7 Å². The van der Waals surface area contributed by atoms with E-state index in [0.29, 0.717) is 32.1 Å². The van der Waals surface area contributed by atoms with Crippen molar-refractivity contribution in [1.29, 1.82) is 0 Å². The number of anilines is 1. The molecule has 1 atom stereocenters. The fourth-order valence-corrected chi connectivity index (χ4v) is 6.84. The summed E-state index contributed by atoms with van der Waals surface area (Å²) in [5, 5.41) is 4.36. The molecule has 1 aliphatic rings. The number of pyridine rings is 1. The van der Waals surface area contributed by atoms with Gasteiger partial charge < -0.3 is 10.1 Å². The molecular weight excluding hydrogens is 500 g/mol. The van der Waals surface area contributed by atoms with Gasteiger partial charge in [0.05, 0.1) is 37.7 Å². The Labute approximate surface area is 217 Å². The molecule has 0 radical (unpaired) electrons. The van der Waals surface area contributed by atoms with Crippen LogP contribution in [0.15, 0.2) is 42.5 Å². The maximum Gasteiger partial charge on any atom is 0.341 e. The molecule has 0 aliphatic heterocycles. The summed E-state index contributed by atoms with van der Waals surface area (Å²) in [6.45, 7) is 5.88. The van der Waals surface area contributed by atoms with Crippen molar-refractivity contribution in [3.05, 3.63) is 68.4 Å². The van der Waals surface area contributed by atoms with Gasteiger partial charge in [-0.1, -0.05) is 36.7 Å². The van der Waals surface area contributed by atoms with Gasteiger partial charge in [0, 0.05) is 10.3 Å². The third kappa shape index (κ3) is 4.85.